The van der Waals surface area contributed by atoms with Crippen molar-refractivity contribution in [3.63, 3.8) is 0 Å². The third-order valence-electron chi connectivity index (χ3n) is 1.99. The number of rotatable bonds is 1. The van der Waals surface area contributed by atoms with Gasteiger partial charge in [-0.05, 0) is 28.9 Å². The van der Waals surface area contributed by atoms with Crippen LogP contribution in [0.4, 0.5) is 5.69 Å². The van der Waals surface area contributed by atoms with E-state index in [2.05, 4.69) is 15.9 Å². The number of non-ortho nitro benzene ring substituents is 1. The summed E-state index contributed by atoms with van der Waals surface area (Å²) in [6.45, 7) is 1.76. The highest BCUT2D eigenvalue weighted by molar-refractivity contribution is 9.10. The average molecular weight is 256 g/mol. The predicted octanol–water partition coefficient (Wildman–Crippen LogP) is 3.41. The summed E-state index contributed by atoms with van der Waals surface area (Å²) in [5, 5.41) is 11.4. The van der Waals surface area contributed by atoms with E-state index in [4.69, 9.17) is 4.42 Å². The van der Waals surface area contributed by atoms with Crippen molar-refractivity contribution in [2.45, 2.75) is 6.92 Å². The normalized spacial score (nSPS) is 10.7. The fourth-order valence-electron chi connectivity index (χ4n) is 1.34. The van der Waals surface area contributed by atoms with Gasteiger partial charge in [0, 0.05) is 11.5 Å². The van der Waals surface area contributed by atoms with Crippen LogP contribution in [0.15, 0.2) is 27.1 Å². The molecule has 0 unspecified atom stereocenters. The van der Waals surface area contributed by atoms with Crippen LogP contribution in [0.5, 0.6) is 0 Å². The van der Waals surface area contributed by atoms with E-state index in [-0.39, 0.29) is 5.69 Å². The van der Waals surface area contributed by atoms with E-state index in [1.807, 2.05) is 0 Å². The number of benzene rings is 1. The molecule has 0 aliphatic heterocycles. The van der Waals surface area contributed by atoms with Gasteiger partial charge in [0.25, 0.3) is 0 Å². The molecule has 1 heterocycles. The van der Waals surface area contributed by atoms with Gasteiger partial charge in [0.1, 0.15) is 5.76 Å². The highest BCUT2D eigenvalue weighted by Gasteiger charge is 2.18. The lowest BCUT2D eigenvalue weighted by atomic mass is 10.2. The molecule has 1 aromatic heterocycles. The summed E-state index contributed by atoms with van der Waals surface area (Å²) in [5.41, 5.74) is 0.318. The summed E-state index contributed by atoms with van der Waals surface area (Å²) in [6.07, 6.45) is 0. The monoisotopic (exact) mass is 255 g/mol. The Kier molecular flexibility index (Phi) is 2.03. The molecule has 2 aromatic rings. The zero-order chi connectivity index (χ0) is 10.3. The molecule has 0 amide bonds. The Balaban J connectivity index is 2.88. The van der Waals surface area contributed by atoms with Crippen molar-refractivity contribution in [3.05, 3.63) is 38.5 Å². The molecule has 2 rings (SSSR count). The van der Waals surface area contributed by atoms with E-state index in [1.54, 1.807) is 19.1 Å². The highest BCUT2D eigenvalue weighted by atomic mass is 79.9. The van der Waals surface area contributed by atoms with Crippen molar-refractivity contribution in [1.82, 2.24) is 0 Å². The van der Waals surface area contributed by atoms with E-state index < -0.39 is 4.92 Å². The molecule has 0 N–H and O–H groups in total. The van der Waals surface area contributed by atoms with Gasteiger partial charge in [0.05, 0.1) is 9.40 Å². The Hall–Kier alpha value is -1.36. The molecule has 0 radical (unpaired) electrons. The molecule has 0 atom stereocenters. The second kappa shape index (κ2) is 3.09. The van der Waals surface area contributed by atoms with Crippen molar-refractivity contribution in [1.29, 1.82) is 0 Å². The number of para-hydroxylation sites is 1. The van der Waals surface area contributed by atoms with E-state index in [0.29, 0.717) is 11.3 Å². The molecule has 0 aliphatic carbocycles. The SMILES string of the molecule is Cc1oc2c([N+](=O)[O-])cccc2c1Br. The minimum absolute atomic E-state index is 0.00343. The summed E-state index contributed by atoms with van der Waals surface area (Å²) >= 11 is 3.32. The van der Waals surface area contributed by atoms with Gasteiger partial charge < -0.3 is 4.42 Å². The molecule has 72 valence electrons. The van der Waals surface area contributed by atoms with Gasteiger partial charge >= 0.3 is 5.69 Å². The molecule has 0 bridgehead atoms. The molecular weight excluding hydrogens is 250 g/mol. The third kappa shape index (κ3) is 1.21. The summed E-state index contributed by atoms with van der Waals surface area (Å²) in [6, 6.07) is 4.85. The number of nitro groups is 1. The van der Waals surface area contributed by atoms with Crippen LogP contribution in [0.2, 0.25) is 0 Å². The van der Waals surface area contributed by atoms with Crippen molar-refractivity contribution >= 4 is 32.6 Å². The molecule has 4 nitrogen and oxygen atoms in total. The van der Waals surface area contributed by atoms with E-state index >= 15 is 0 Å². The van der Waals surface area contributed by atoms with Gasteiger partial charge in [-0.25, -0.2) is 0 Å². The van der Waals surface area contributed by atoms with Gasteiger partial charge in [0.15, 0.2) is 0 Å². The topological polar surface area (TPSA) is 56.3 Å². The Bertz CT molecular complexity index is 518. The number of aryl methyl sites for hydroxylation is 1. The number of nitrogens with zero attached hydrogens (tertiary/aromatic N) is 1. The standard InChI is InChI=1S/C9H6BrNO3/c1-5-8(10)6-3-2-4-7(11(12)13)9(6)14-5/h2-4H,1H3. The Morgan fingerprint density at radius 3 is 2.86 bits per heavy atom. The van der Waals surface area contributed by atoms with E-state index in [9.17, 15) is 10.1 Å². The molecule has 0 saturated carbocycles. The second-order valence-corrected chi connectivity index (χ2v) is 3.68. The number of fused-ring (bicyclic) bond motifs is 1. The highest BCUT2D eigenvalue weighted by Crippen LogP contribution is 2.35. The molecule has 0 spiro atoms. The van der Waals surface area contributed by atoms with Crippen molar-refractivity contribution < 1.29 is 9.34 Å². The van der Waals surface area contributed by atoms with Crippen LogP contribution >= 0.6 is 15.9 Å². The zero-order valence-corrected chi connectivity index (χ0v) is 8.87. The fraction of sp³-hybridized carbons (Fsp3) is 0.111. The van der Waals surface area contributed by atoms with Gasteiger partial charge in [-0.15, -0.1) is 0 Å². The zero-order valence-electron chi connectivity index (χ0n) is 7.28. The summed E-state index contributed by atoms with van der Waals surface area (Å²) in [5.74, 6) is 0.648. The van der Waals surface area contributed by atoms with Gasteiger partial charge in [-0.3, -0.25) is 10.1 Å². The van der Waals surface area contributed by atoms with Crippen molar-refractivity contribution in [3.8, 4) is 0 Å². The van der Waals surface area contributed by atoms with E-state index in [0.717, 1.165) is 9.86 Å². The van der Waals surface area contributed by atoms with Crippen molar-refractivity contribution in [2.24, 2.45) is 0 Å². The summed E-state index contributed by atoms with van der Waals surface area (Å²) < 4.78 is 6.08. The first-order valence-corrected chi connectivity index (χ1v) is 4.72. The third-order valence-corrected chi connectivity index (χ3v) is 2.98. The maximum Gasteiger partial charge on any atom is 0.312 e. The van der Waals surface area contributed by atoms with E-state index in [1.165, 1.54) is 6.07 Å². The molecule has 0 saturated heterocycles. The lowest BCUT2D eigenvalue weighted by Gasteiger charge is -1.91. The quantitative estimate of drug-likeness (QED) is 0.580. The van der Waals surface area contributed by atoms with Crippen LogP contribution < -0.4 is 0 Å². The first kappa shape index (κ1) is 9.21. The van der Waals surface area contributed by atoms with Crippen LogP contribution in [-0.4, -0.2) is 4.92 Å². The summed E-state index contributed by atoms with van der Waals surface area (Å²) in [4.78, 5) is 10.2. The maximum absolute atomic E-state index is 10.7. The van der Waals surface area contributed by atoms with Crippen LogP contribution in [-0.2, 0) is 0 Å². The Morgan fingerprint density at radius 1 is 1.50 bits per heavy atom. The van der Waals surface area contributed by atoms with Gasteiger partial charge in [-0.2, -0.15) is 0 Å². The molecule has 5 heteroatoms. The number of nitro benzene ring substituents is 1. The summed E-state index contributed by atoms with van der Waals surface area (Å²) in [7, 11) is 0. The van der Waals surface area contributed by atoms with Gasteiger partial charge in [-0.1, -0.05) is 6.07 Å². The molecule has 14 heavy (non-hydrogen) atoms. The number of furan rings is 1. The number of hydrogen-bond acceptors (Lipinski definition) is 3. The van der Waals surface area contributed by atoms with Crippen LogP contribution in [0.3, 0.4) is 0 Å². The Morgan fingerprint density at radius 2 is 2.21 bits per heavy atom. The molecule has 0 fully saturated rings. The molecule has 1 aromatic carbocycles. The first-order valence-electron chi connectivity index (χ1n) is 3.93. The molecule has 0 aliphatic rings. The fourth-order valence-corrected chi connectivity index (χ4v) is 1.73. The first-order chi connectivity index (χ1) is 6.61. The van der Waals surface area contributed by atoms with Crippen LogP contribution in [0.25, 0.3) is 11.0 Å². The minimum atomic E-state index is -0.447. The smallest absolute Gasteiger partial charge is 0.312 e. The molecular formula is C9H6BrNO3. The number of halogens is 1. The van der Waals surface area contributed by atoms with Crippen LogP contribution in [0, 0.1) is 17.0 Å². The van der Waals surface area contributed by atoms with Crippen molar-refractivity contribution in [2.75, 3.05) is 0 Å². The Labute approximate surface area is 87.8 Å². The largest absolute Gasteiger partial charge is 0.453 e. The maximum atomic E-state index is 10.7. The lowest BCUT2D eigenvalue weighted by molar-refractivity contribution is -0.383. The number of hydrogen-bond donors (Lipinski definition) is 0. The second-order valence-electron chi connectivity index (χ2n) is 2.88. The predicted molar refractivity (Wildman–Crippen MR) is 55.3 cm³/mol. The average Bonchev–Trinajstić information content (AvgIpc) is 2.43. The minimum Gasteiger partial charge on any atom is -0.453 e. The van der Waals surface area contributed by atoms with Crippen LogP contribution in [0.1, 0.15) is 5.76 Å². The van der Waals surface area contributed by atoms with Gasteiger partial charge in [0.2, 0.25) is 5.58 Å². The lowest BCUT2D eigenvalue weighted by Crippen LogP contribution is -1.87.